The summed E-state index contributed by atoms with van der Waals surface area (Å²) < 4.78 is 0. The highest BCUT2D eigenvalue weighted by atomic mass is 32.1. The molecule has 0 amide bonds. The lowest BCUT2D eigenvalue weighted by atomic mass is 10.1. The maximum atomic E-state index is 12.8. The van der Waals surface area contributed by atoms with Crippen molar-refractivity contribution in [2.75, 3.05) is 26.2 Å². The summed E-state index contributed by atoms with van der Waals surface area (Å²) in [5.74, 6) is 0.480. The molecular weight excluding hydrogens is 306 g/mol. The van der Waals surface area contributed by atoms with Gasteiger partial charge in [-0.1, -0.05) is 30.3 Å². The molecule has 0 radical (unpaired) electrons. The van der Waals surface area contributed by atoms with Crippen LogP contribution in [0.2, 0.25) is 0 Å². The lowest BCUT2D eigenvalue weighted by molar-refractivity contribution is 0.104. The van der Waals surface area contributed by atoms with Crippen molar-refractivity contribution in [2.45, 2.75) is 13.3 Å². The number of benzene rings is 1. The highest BCUT2D eigenvalue weighted by molar-refractivity contribution is 7.14. The minimum Gasteiger partial charge on any atom is -0.355 e. The average molecular weight is 327 g/mol. The van der Waals surface area contributed by atoms with Gasteiger partial charge in [-0.25, -0.2) is 0 Å². The van der Waals surface area contributed by atoms with E-state index in [0.29, 0.717) is 16.3 Å². The van der Waals surface area contributed by atoms with Crippen LogP contribution >= 0.6 is 11.3 Å². The molecule has 1 aromatic carbocycles. The third-order valence-electron chi connectivity index (χ3n) is 4.01. The number of aryl methyl sites for hydroxylation is 1. The SMILES string of the molecule is Cc1cc(C(=N)N2CCCNCC2)c(C(=O)c2ccccc2)s1. The second-order valence-electron chi connectivity index (χ2n) is 5.73. The first-order chi connectivity index (χ1) is 11.2. The normalized spacial score (nSPS) is 15.3. The standard InChI is InChI=1S/C18H21N3OS/c1-13-12-15(18(19)21-10-5-8-20-9-11-21)17(23-13)16(22)14-6-3-2-4-7-14/h2-4,6-7,12,19-20H,5,8-11H2,1H3. The van der Waals surface area contributed by atoms with Crippen LogP contribution in [0.1, 0.15) is 32.1 Å². The van der Waals surface area contributed by atoms with Crippen LogP contribution in [-0.2, 0) is 0 Å². The first-order valence-electron chi connectivity index (χ1n) is 7.91. The van der Waals surface area contributed by atoms with Gasteiger partial charge in [-0.15, -0.1) is 11.3 Å². The highest BCUT2D eigenvalue weighted by Gasteiger charge is 2.23. The monoisotopic (exact) mass is 327 g/mol. The van der Waals surface area contributed by atoms with Gasteiger partial charge < -0.3 is 10.2 Å². The number of hydrogen-bond donors (Lipinski definition) is 2. The van der Waals surface area contributed by atoms with Crippen molar-refractivity contribution in [1.82, 2.24) is 10.2 Å². The Bertz CT molecular complexity index is 700. The molecule has 23 heavy (non-hydrogen) atoms. The molecule has 1 aliphatic heterocycles. The van der Waals surface area contributed by atoms with Gasteiger partial charge in [0.05, 0.1) is 4.88 Å². The average Bonchev–Trinajstić information content (AvgIpc) is 2.79. The number of amidine groups is 1. The third-order valence-corrected chi connectivity index (χ3v) is 5.06. The van der Waals surface area contributed by atoms with Gasteiger partial charge in [0.25, 0.3) is 0 Å². The number of nitrogens with zero attached hydrogens (tertiary/aromatic N) is 1. The lowest BCUT2D eigenvalue weighted by Gasteiger charge is -2.23. The predicted molar refractivity (Wildman–Crippen MR) is 94.8 cm³/mol. The van der Waals surface area contributed by atoms with Gasteiger partial charge in [0, 0.05) is 35.6 Å². The molecule has 1 aromatic heterocycles. The van der Waals surface area contributed by atoms with Crippen LogP contribution in [0.25, 0.3) is 0 Å². The molecule has 2 N–H and O–H groups in total. The number of carbonyl (C=O) groups is 1. The molecular formula is C18H21N3OS. The van der Waals surface area contributed by atoms with Crippen LogP contribution in [0, 0.1) is 12.3 Å². The van der Waals surface area contributed by atoms with E-state index in [1.807, 2.05) is 43.3 Å². The maximum Gasteiger partial charge on any atom is 0.203 e. The number of carbonyl (C=O) groups excluding carboxylic acids is 1. The van der Waals surface area contributed by atoms with Gasteiger partial charge in [0.2, 0.25) is 5.78 Å². The first-order valence-corrected chi connectivity index (χ1v) is 8.73. The van der Waals surface area contributed by atoms with Crippen molar-refractivity contribution in [3.63, 3.8) is 0 Å². The maximum absolute atomic E-state index is 12.8. The molecule has 0 unspecified atom stereocenters. The van der Waals surface area contributed by atoms with Crippen LogP contribution in [0.4, 0.5) is 0 Å². The van der Waals surface area contributed by atoms with E-state index in [0.717, 1.165) is 43.0 Å². The molecule has 4 nitrogen and oxygen atoms in total. The van der Waals surface area contributed by atoms with E-state index in [4.69, 9.17) is 5.41 Å². The Labute approximate surface area is 140 Å². The summed E-state index contributed by atoms with van der Waals surface area (Å²) in [6.45, 7) is 5.54. The number of rotatable bonds is 3. The Kier molecular flexibility index (Phi) is 4.88. The molecule has 2 heterocycles. The molecule has 3 rings (SSSR count). The quantitative estimate of drug-likeness (QED) is 0.518. The summed E-state index contributed by atoms with van der Waals surface area (Å²) >= 11 is 1.48. The summed E-state index contributed by atoms with van der Waals surface area (Å²) in [5, 5.41) is 11.9. The van der Waals surface area contributed by atoms with Crippen LogP contribution in [0.5, 0.6) is 0 Å². The zero-order chi connectivity index (χ0) is 16.2. The van der Waals surface area contributed by atoms with Gasteiger partial charge in [-0.3, -0.25) is 10.2 Å². The largest absolute Gasteiger partial charge is 0.355 e. The molecule has 0 saturated carbocycles. The Morgan fingerprint density at radius 1 is 1.22 bits per heavy atom. The fraction of sp³-hybridized carbons (Fsp3) is 0.333. The molecule has 1 saturated heterocycles. The zero-order valence-electron chi connectivity index (χ0n) is 13.3. The van der Waals surface area contributed by atoms with E-state index < -0.39 is 0 Å². The van der Waals surface area contributed by atoms with Crippen LogP contribution in [0.15, 0.2) is 36.4 Å². The van der Waals surface area contributed by atoms with E-state index in [1.54, 1.807) is 0 Å². The summed E-state index contributed by atoms with van der Waals surface area (Å²) in [4.78, 5) is 16.6. The van der Waals surface area contributed by atoms with Crippen molar-refractivity contribution < 1.29 is 4.79 Å². The number of hydrogen-bond acceptors (Lipinski definition) is 4. The van der Waals surface area contributed by atoms with Gasteiger partial charge >= 0.3 is 0 Å². The lowest BCUT2D eigenvalue weighted by Crippen LogP contribution is -2.34. The fourth-order valence-electron chi connectivity index (χ4n) is 2.82. The molecule has 0 spiro atoms. The molecule has 1 fully saturated rings. The molecule has 5 heteroatoms. The van der Waals surface area contributed by atoms with Gasteiger partial charge in [-0.05, 0) is 26.0 Å². The number of thiophene rings is 1. The highest BCUT2D eigenvalue weighted by Crippen LogP contribution is 2.26. The van der Waals surface area contributed by atoms with E-state index in [-0.39, 0.29) is 5.78 Å². The topological polar surface area (TPSA) is 56.2 Å². The molecule has 0 aliphatic carbocycles. The van der Waals surface area contributed by atoms with Gasteiger partial charge in [0.1, 0.15) is 5.84 Å². The van der Waals surface area contributed by atoms with E-state index in [9.17, 15) is 4.79 Å². The van der Waals surface area contributed by atoms with E-state index in [1.165, 1.54) is 11.3 Å². The third kappa shape index (κ3) is 3.51. The van der Waals surface area contributed by atoms with Gasteiger partial charge in [0.15, 0.2) is 0 Å². The number of ketones is 1. The zero-order valence-corrected chi connectivity index (χ0v) is 14.1. The van der Waals surface area contributed by atoms with Crippen LogP contribution in [0.3, 0.4) is 0 Å². The van der Waals surface area contributed by atoms with E-state index >= 15 is 0 Å². The van der Waals surface area contributed by atoms with Crippen molar-refractivity contribution in [1.29, 1.82) is 5.41 Å². The van der Waals surface area contributed by atoms with Crippen LogP contribution < -0.4 is 5.32 Å². The first kappa shape index (κ1) is 15.9. The Balaban J connectivity index is 1.91. The summed E-state index contributed by atoms with van der Waals surface area (Å²) in [5.41, 5.74) is 1.45. The van der Waals surface area contributed by atoms with E-state index in [2.05, 4.69) is 10.2 Å². The summed E-state index contributed by atoms with van der Waals surface area (Å²) in [6, 6.07) is 11.3. The van der Waals surface area contributed by atoms with Crippen molar-refractivity contribution >= 4 is 23.0 Å². The van der Waals surface area contributed by atoms with Gasteiger partial charge in [-0.2, -0.15) is 0 Å². The fourth-order valence-corrected chi connectivity index (χ4v) is 3.79. The molecule has 2 aromatic rings. The minimum absolute atomic E-state index is 0.0106. The van der Waals surface area contributed by atoms with Crippen molar-refractivity contribution in [3.8, 4) is 0 Å². The molecule has 120 valence electrons. The summed E-state index contributed by atoms with van der Waals surface area (Å²) in [7, 11) is 0. The minimum atomic E-state index is 0.0106. The molecule has 1 aliphatic rings. The van der Waals surface area contributed by atoms with Crippen molar-refractivity contribution in [2.24, 2.45) is 0 Å². The Hall–Kier alpha value is -1.98. The van der Waals surface area contributed by atoms with Crippen molar-refractivity contribution in [3.05, 3.63) is 57.3 Å². The Morgan fingerprint density at radius 3 is 2.78 bits per heavy atom. The second kappa shape index (κ2) is 7.06. The second-order valence-corrected chi connectivity index (χ2v) is 6.99. The number of nitrogens with one attached hydrogen (secondary N) is 2. The predicted octanol–water partition coefficient (Wildman–Crippen LogP) is 2.91. The molecule has 0 atom stereocenters. The Morgan fingerprint density at radius 2 is 2.00 bits per heavy atom. The molecule has 0 bridgehead atoms. The smallest absolute Gasteiger partial charge is 0.203 e. The van der Waals surface area contributed by atoms with Crippen LogP contribution in [-0.4, -0.2) is 42.7 Å². The summed E-state index contributed by atoms with van der Waals surface area (Å²) in [6.07, 6.45) is 1.02.